The van der Waals surface area contributed by atoms with Gasteiger partial charge in [-0.3, -0.25) is 0 Å². The lowest BCUT2D eigenvalue weighted by molar-refractivity contribution is 0.260. The van der Waals surface area contributed by atoms with Gasteiger partial charge in [0.15, 0.2) is 0 Å². The maximum atomic E-state index is 12.8. The largest absolute Gasteiger partial charge is 0.316 e. The number of hydrogen-bond acceptors (Lipinski definition) is 1. The number of nitrogens with one attached hydrogen (secondary N) is 1. The Kier molecular flexibility index (Phi) is 1.22. The predicted octanol–water partition coefficient (Wildman–Crippen LogP) is 0.954. The van der Waals surface area contributed by atoms with E-state index in [0.717, 1.165) is 25.9 Å². The average Bonchev–Trinajstić information content (AvgIpc) is 2.35. The van der Waals surface area contributed by atoms with Gasteiger partial charge < -0.3 is 5.32 Å². The normalized spacial score (nSPS) is 49.7. The van der Waals surface area contributed by atoms with Gasteiger partial charge in [-0.1, -0.05) is 0 Å². The molecular formula is C7H12FN. The van der Waals surface area contributed by atoms with Gasteiger partial charge in [0.1, 0.15) is 6.17 Å². The van der Waals surface area contributed by atoms with Crippen molar-refractivity contribution in [3.63, 3.8) is 0 Å². The Hall–Kier alpha value is -0.110. The van der Waals surface area contributed by atoms with Gasteiger partial charge in [0.2, 0.25) is 0 Å². The number of rotatable bonds is 0. The van der Waals surface area contributed by atoms with Crippen LogP contribution in [0, 0.1) is 11.8 Å². The third-order valence-corrected chi connectivity index (χ3v) is 2.67. The van der Waals surface area contributed by atoms with E-state index in [1.165, 1.54) is 0 Å². The molecule has 2 heteroatoms. The van der Waals surface area contributed by atoms with Crippen molar-refractivity contribution in [2.24, 2.45) is 11.8 Å². The standard InChI is InChI=1S/C7H12FN/c8-7-2-1-5-3-9-4-6(5)7/h5-7,9H,1-4H2. The molecule has 3 unspecified atom stereocenters. The van der Waals surface area contributed by atoms with Crippen LogP contribution in [0.3, 0.4) is 0 Å². The Bertz CT molecular complexity index is 115. The zero-order chi connectivity index (χ0) is 6.27. The van der Waals surface area contributed by atoms with Gasteiger partial charge in [0.25, 0.3) is 0 Å². The average molecular weight is 129 g/mol. The fourth-order valence-corrected chi connectivity index (χ4v) is 2.08. The summed E-state index contributed by atoms with van der Waals surface area (Å²) in [7, 11) is 0. The molecule has 1 heterocycles. The van der Waals surface area contributed by atoms with Gasteiger partial charge in [-0.15, -0.1) is 0 Å². The summed E-state index contributed by atoms with van der Waals surface area (Å²) in [5, 5.41) is 3.21. The Labute approximate surface area is 54.6 Å². The summed E-state index contributed by atoms with van der Waals surface area (Å²) < 4.78 is 12.8. The molecule has 9 heavy (non-hydrogen) atoms. The second-order valence-electron chi connectivity index (χ2n) is 3.18. The van der Waals surface area contributed by atoms with Crippen LogP contribution >= 0.6 is 0 Å². The van der Waals surface area contributed by atoms with E-state index in [4.69, 9.17) is 0 Å². The molecule has 1 nitrogen and oxygen atoms in total. The molecule has 52 valence electrons. The van der Waals surface area contributed by atoms with Crippen LogP contribution in [0.15, 0.2) is 0 Å². The van der Waals surface area contributed by atoms with Crippen LogP contribution in [-0.2, 0) is 0 Å². The first-order valence-electron chi connectivity index (χ1n) is 3.72. The van der Waals surface area contributed by atoms with E-state index in [2.05, 4.69) is 5.32 Å². The minimum absolute atomic E-state index is 0.366. The molecular weight excluding hydrogens is 117 g/mol. The second kappa shape index (κ2) is 1.94. The van der Waals surface area contributed by atoms with E-state index >= 15 is 0 Å². The molecule has 1 aliphatic carbocycles. The first-order valence-corrected chi connectivity index (χ1v) is 3.72. The first kappa shape index (κ1) is 5.66. The number of alkyl halides is 1. The van der Waals surface area contributed by atoms with Gasteiger partial charge in [-0.25, -0.2) is 4.39 Å². The zero-order valence-electron chi connectivity index (χ0n) is 5.44. The molecule has 1 saturated heterocycles. The zero-order valence-corrected chi connectivity index (χ0v) is 5.44. The SMILES string of the molecule is FC1CCC2CNCC12. The molecule has 2 rings (SSSR count). The van der Waals surface area contributed by atoms with Crippen molar-refractivity contribution >= 4 is 0 Å². The highest BCUT2D eigenvalue weighted by atomic mass is 19.1. The van der Waals surface area contributed by atoms with Crippen LogP contribution in [0.2, 0.25) is 0 Å². The minimum atomic E-state index is -0.495. The highest BCUT2D eigenvalue weighted by molar-refractivity contribution is 4.91. The van der Waals surface area contributed by atoms with Gasteiger partial charge >= 0.3 is 0 Å². The topological polar surface area (TPSA) is 12.0 Å². The lowest BCUT2D eigenvalue weighted by Gasteiger charge is -2.07. The summed E-state index contributed by atoms with van der Waals surface area (Å²) in [4.78, 5) is 0. The van der Waals surface area contributed by atoms with E-state index in [0.29, 0.717) is 11.8 Å². The third kappa shape index (κ3) is 0.767. The lowest BCUT2D eigenvalue weighted by atomic mass is 10.0. The summed E-state index contributed by atoms with van der Waals surface area (Å²) >= 11 is 0. The van der Waals surface area contributed by atoms with Crippen molar-refractivity contribution in [2.75, 3.05) is 13.1 Å². The molecule has 2 aliphatic rings. The summed E-state index contributed by atoms with van der Waals surface area (Å²) in [6.45, 7) is 1.98. The Morgan fingerprint density at radius 3 is 2.89 bits per heavy atom. The Balaban J connectivity index is 2.07. The van der Waals surface area contributed by atoms with Crippen LogP contribution in [0.4, 0.5) is 4.39 Å². The monoisotopic (exact) mass is 129 g/mol. The van der Waals surface area contributed by atoms with Crippen molar-refractivity contribution in [2.45, 2.75) is 19.0 Å². The summed E-state index contributed by atoms with van der Waals surface area (Å²) in [5.74, 6) is 1.03. The van der Waals surface area contributed by atoms with Crippen molar-refractivity contribution < 1.29 is 4.39 Å². The molecule has 0 radical (unpaired) electrons. The molecule has 0 bridgehead atoms. The van der Waals surface area contributed by atoms with Crippen LogP contribution < -0.4 is 5.32 Å². The van der Waals surface area contributed by atoms with Crippen molar-refractivity contribution in [3.8, 4) is 0 Å². The summed E-state index contributed by atoms with van der Waals surface area (Å²) in [6.07, 6.45) is 1.43. The van der Waals surface area contributed by atoms with Crippen LogP contribution in [0.25, 0.3) is 0 Å². The van der Waals surface area contributed by atoms with Gasteiger partial charge in [0, 0.05) is 12.5 Å². The van der Waals surface area contributed by atoms with E-state index in [1.807, 2.05) is 0 Å². The summed E-state index contributed by atoms with van der Waals surface area (Å²) in [5.41, 5.74) is 0. The molecule has 2 fully saturated rings. The maximum Gasteiger partial charge on any atom is 0.104 e. The first-order chi connectivity index (χ1) is 4.38. The quantitative estimate of drug-likeness (QED) is 0.513. The van der Waals surface area contributed by atoms with Crippen molar-refractivity contribution in [1.29, 1.82) is 0 Å². The van der Waals surface area contributed by atoms with Gasteiger partial charge in [-0.05, 0) is 25.3 Å². The fourth-order valence-electron chi connectivity index (χ4n) is 2.08. The molecule has 0 aromatic heterocycles. The highest BCUT2D eigenvalue weighted by Gasteiger charge is 2.38. The van der Waals surface area contributed by atoms with Crippen molar-refractivity contribution in [1.82, 2.24) is 5.32 Å². The molecule has 1 N–H and O–H groups in total. The van der Waals surface area contributed by atoms with Gasteiger partial charge in [0.05, 0.1) is 0 Å². The number of hydrogen-bond donors (Lipinski definition) is 1. The number of halogens is 1. The molecule has 0 aromatic rings. The van der Waals surface area contributed by atoms with E-state index in [-0.39, 0.29) is 0 Å². The van der Waals surface area contributed by atoms with Crippen LogP contribution in [0.5, 0.6) is 0 Å². The lowest BCUT2D eigenvalue weighted by Crippen LogP contribution is -2.16. The van der Waals surface area contributed by atoms with E-state index in [1.54, 1.807) is 0 Å². The van der Waals surface area contributed by atoms with Crippen LogP contribution in [0.1, 0.15) is 12.8 Å². The minimum Gasteiger partial charge on any atom is -0.316 e. The number of fused-ring (bicyclic) bond motifs is 1. The molecule has 0 amide bonds. The molecule has 1 aliphatic heterocycles. The Morgan fingerprint density at radius 1 is 1.22 bits per heavy atom. The Morgan fingerprint density at radius 2 is 2.11 bits per heavy atom. The predicted molar refractivity (Wildman–Crippen MR) is 34.0 cm³/mol. The molecule has 0 spiro atoms. The van der Waals surface area contributed by atoms with Crippen molar-refractivity contribution in [3.05, 3.63) is 0 Å². The fraction of sp³-hybridized carbons (Fsp3) is 1.00. The maximum absolute atomic E-state index is 12.8. The van der Waals surface area contributed by atoms with Crippen LogP contribution in [-0.4, -0.2) is 19.3 Å². The molecule has 1 saturated carbocycles. The smallest absolute Gasteiger partial charge is 0.104 e. The van der Waals surface area contributed by atoms with E-state index in [9.17, 15) is 4.39 Å². The van der Waals surface area contributed by atoms with E-state index < -0.39 is 6.17 Å². The summed E-state index contributed by atoms with van der Waals surface area (Å²) in [6, 6.07) is 0. The molecule has 0 aromatic carbocycles. The molecule has 3 atom stereocenters. The highest BCUT2D eigenvalue weighted by Crippen LogP contribution is 2.36. The van der Waals surface area contributed by atoms with Gasteiger partial charge in [-0.2, -0.15) is 0 Å². The second-order valence-corrected chi connectivity index (χ2v) is 3.18. The third-order valence-electron chi connectivity index (χ3n) is 2.67.